The number of carbonyl (C=O) groups excluding carboxylic acids is 2. The summed E-state index contributed by atoms with van der Waals surface area (Å²) in [4.78, 5) is 35.2. The molecule has 0 aromatic carbocycles. The van der Waals surface area contributed by atoms with Gasteiger partial charge in [0.2, 0.25) is 0 Å². The zero-order valence-corrected chi connectivity index (χ0v) is 35.8. The minimum atomic E-state index is -4.38. The second-order valence-electron chi connectivity index (χ2n) is 15.0. The lowest BCUT2D eigenvalue weighted by molar-refractivity contribution is -0.870. The van der Waals surface area contributed by atoms with Gasteiger partial charge in [-0.2, -0.15) is 0 Å². The Balaban J connectivity index is 4.43. The van der Waals surface area contributed by atoms with Gasteiger partial charge in [-0.3, -0.25) is 18.6 Å². The smallest absolute Gasteiger partial charge is 0.462 e. The van der Waals surface area contributed by atoms with Gasteiger partial charge in [0.05, 0.1) is 27.7 Å². The fraction of sp³-hybridized carbons (Fsp3) is 0.727. The van der Waals surface area contributed by atoms with Gasteiger partial charge in [0.1, 0.15) is 19.8 Å². The van der Waals surface area contributed by atoms with Gasteiger partial charge in [0.15, 0.2) is 6.10 Å². The lowest BCUT2D eigenvalue weighted by Crippen LogP contribution is -2.37. The van der Waals surface area contributed by atoms with Crippen LogP contribution in [0, 0.1) is 0 Å². The SMILES string of the molecule is CCCC/C=C/CCCCCCCC(=O)O[C@@H](COC(=O)CCCCC/C=C/C/C=C/C/C=C/C/C=C/CCCCC)COP(=O)(O)OCC[N+](C)(C)C. The average molecular weight is 781 g/mol. The molecule has 0 aliphatic rings. The molecule has 9 nitrogen and oxygen atoms in total. The van der Waals surface area contributed by atoms with Crippen LogP contribution in [-0.2, 0) is 32.7 Å². The van der Waals surface area contributed by atoms with Crippen molar-refractivity contribution in [2.75, 3.05) is 47.5 Å². The molecule has 0 saturated carbocycles. The van der Waals surface area contributed by atoms with E-state index in [1.54, 1.807) is 0 Å². The summed E-state index contributed by atoms with van der Waals surface area (Å²) in [5, 5.41) is 0. The molecule has 2 atom stereocenters. The fourth-order valence-corrected chi connectivity index (χ4v) is 5.89. The van der Waals surface area contributed by atoms with Crippen LogP contribution in [0.25, 0.3) is 0 Å². The summed E-state index contributed by atoms with van der Waals surface area (Å²) in [6.07, 6.45) is 42.7. The molecule has 1 unspecified atom stereocenters. The van der Waals surface area contributed by atoms with Crippen molar-refractivity contribution in [1.29, 1.82) is 0 Å². The molecular weight excluding hydrogens is 701 g/mol. The third kappa shape index (κ3) is 39.4. The average Bonchev–Trinajstić information content (AvgIpc) is 3.12. The van der Waals surface area contributed by atoms with Gasteiger partial charge in [-0.25, -0.2) is 4.57 Å². The molecule has 0 saturated heterocycles. The van der Waals surface area contributed by atoms with Gasteiger partial charge in [0, 0.05) is 12.8 Å². The van der Waals surface area contributed by atoms with Crippen LogP contribution in [0.4, 0.5) is 0 Å². The summed E-state index contributed by atoms with van der Waals surface area (Å²) in [7, 11) is 1.44. The van der Waals surface area contributed by atoms with Crippen molar-refractivity contribution in [2.45, 2.75) is 161 Å². The van der Waals surface area contributed by atoms with Gasteiger partial charge in [-0.15, -0.1) is 0 Å². The van der Waals surface area contributed by atoms with E-state index in [9.17, 15) is 19.0 Å². The Morgan fingerprint density at radius 2 is 1.02 bits per heavy atom. The Bertz CT molecular complexity index is 1110. The number of nitrogens with zero attached hydrogens (tertiary/aromatic N) is 1. The molecule has 0 aromatic heterocycles. The van der Waals surface area contributed by atoms with Gasteiger partial charge in [-0.05, 0) is 77.0 Å². The standard InChI is InChI=1S/C44H78NO8P/c1-6-8-10-12-14-16-18-19-20-21-22-23-24-25-27-28-30-32-34-36-43(46)50-40-42(41-52-54(48,49)51-39-38-45(3,4)5)53-44(47)37-35-33-31-29-26-17-15-13-11-9-7-2/h13-16,19-20,22-23,25,27,42H,6-12,17-18,21,24,26,28-41H2,1-5H3/p+1/b15-13+,16-14+,20-19+,23-22+,27-25+/t42-/m0/s1. The maximum Gasteiger partial charge on any atom is 0.472 e. The van der Waals surface area contributed by atoms with E-state index >= 15 is 0 Å². The number of quaternary nitrogens is 1. The van der Waals surface area contributed by atoms with Gasteiger partial charge in [-0.1, -0.05) is 126 Å². The van der Waals surface area contributed by atoms with E-state index in [-0.39, 0.29) is 26.1 Å². The highest BCUT2D eigenvalue weighted by Crippen LogP contribution is 2.43. The normalized spacial score (nSPS) is 14.3. The number of phosphoric acid groups is 1. The van der Waals surface area contributed by atoms with E-state index in [2.05, 4.69) is 74.6 Å². The van der Waals surface area contributed by atoms with Crippen molar-refractivity contribution in [3.05, 3.63) is 60.8 Å². The second-order valence-corrected chi connectivity index (χ2v) is 16.5. The van der Waals surface area contributed by atoms with E-state index in [4.69, 9.17) is 18.5 Å². The number of hydrogen-bond donors (Lipinski definition) is 1. The number of allylic oxidation sites excluding steroid dienone is 10. The van der Waals surface area contributed by atoms with Gasteiger partial charge in [0.25, 0.3) is 0 Å². The fourth-order valence-electron chi connectivity index (χ4n) is 5.15. The summed E-state index contributed by atoms with van der Waals surface area (Å²) in [6, 6.07) is 0. The molecule has 0 spiro atoms. The monoisotopic (exact) mass is 781 g/mol. The van der Waals surface area contributed by atoms with Crippen molar-refractivity contribution in [3.63, 3.8) is 0 Å². The second kappa shape index (κ2) is 36.4. The molecule has 312 valence electrons. The number of likely N-dealkylation sites (N-methyl/N-ethyl adjacent to an activating group) is 1. The molecule has 0 heterocycles. The molecule has 0 aliphatic heterocycles. The Morgan fingerprint density at radius 3 is 1.57 bits per heavy atom. The van der Waals surface area contributed by atoms with Crippen LogP contribution in [0.1, 0.15) is 155 Å². The molecule has 0 amide bonds. The maximum absolute atomic E-state index is 12.6. The lowest BCUT2D eigenvalue weighted by atomic mass is 10.1. The number of carbonyl (C=O) groups is 2. The summed E-state index contributed by atoms with van der Waals surface area (Å²) in [6.45, 7) is 4.28. The van der Waals surface area contributed by atoms with Crippen molar-refractivity contribution < 1.29 is 42.1 Å². The highest BCUT2D eigenvalue weighted by atomic mass is 31.2. The zero-order valence-electron chi connectivity index (χ0n) is 34.9. The van der Waals surface area contributed by atoms with Crippen molar-refractivity contribution in [2.24, 2.45) is 0 Å². The third-order valence-corrected chi connectivity index (χ3v) is 9.50. The Morgan fingerprint density at radius 1 is 0.574 bits per heavy atom. The van der Waals surface area contributed by atoms with E-state index in [0.29, 0.717) is 23.9 Å². The molecule has 54 heavy (non-hydrogen) atoms. The maximum atomic E-state index is 12.6. The molecule has 10 heteroatoms. The highest BCUT2D eigenvalue weighted by Gasteiger charge is 2.27. The first-order valence-corrected chi connectivity index (χ1v) is 22.5. The number of esters is 2. The molecule has 0 radical (unpaired) electrons. The number of hydrogen-bond acceptors (Lipinski definition) is 7. The third-order valence-electron chi connectivity index (χ3n) is 8.52. The highest BCUT2D eigenvalue weighted by molar-refractivity contribution is 7.47. The molecule has 0 fully saturated rings. The van der Waals surface area contributed by atoms with Crippen molar-refractivity contribution >= 4 is 19.8 Å². The molecular formula is C44H79NO8P+. The Labute approximate surface area is 330 Å². The van der Waals surface area contributed by atoms with Crippen LogP contribution < -0.4 is 0 Å². The number of phosphoric ester groups is 1. The van der Waals surface area contributed by atoms with E-state index in [0.717, 1.165) is 77.0 Å². The topological polar surface area (TPSA) is 108 Å². The van der Waals surface area contributed by atoms with E-state index in [1.807, 2.05) is 21.1 Å². The Hall–Kier alpha value is -2.29. The van der Waals surface area contributed by atoms with Crippen LogP contribution in [0.5, 0.6) is 0 Å². The predicted molar refractivity (Wildman–Crippen MR) is 224 cm³/mol. The minimum Gasteiger partial charge on any atom is -0.462 e. The predicted octanol–water partition coefficient (Wildman–Crippen LogP) is 11.7. The van der Waals surface area contributed by atoms with E-state index in [1.165, 1.54) is 38.5 Å². The zero-order chi connectivity index (χ0) is 40.0. The van der Waals surface area contributed by atoms with Crippen LogP contribution in [0.15, 0.2) is 60.8 Å². The lowest BCUT2D eigenvalue weighted by Gasteiger charge is -2.24. The molecule has 0 bridgehead atoms. The molecule has 0 rings (SSSR count). The number of unbranched alkanes of at least 4 members (excludes halogenated alkanes) is 13. The summed E-state index contributed by atoms with van der Waals surface area (Å²) >= 11 is 0. The quantitative estimate of drug-likeness (QED) is 0.0218. The number of ether oxygens (including phenoxy) is 2. The molecule has 1 N–H and O–H groups in total. The van der Waals surface area contributed by atoms with Crippen molar-refractivity contribution in [3.8, 4) is 0 Å². The first-order valence-electron chi connectivity index (χ1n) is 21.0. The van der Waals surface area contributed by atoms with Gasteiger partial charge < -0.3 is 18.9 Å². The summed E-state index contributed by atoms with van der Waals surface area (Å²) in [5.74, 6) is -0.852. The summed E-state index contributed by atoms with van der Waals surface area (Å²) in [5.41, 5.74) is 0. The first kappa shape index (κ1) is 51.7. The number of rotatable bonds is 37. The minimum absolute atomic E-state index is 0.0221. The van der Waals surface area contributed by atoms with Crippen molar-refractivity contribution in [1.82, 2.24) is 0 Å². The van der Waals surface area contributed by atoms with E-state index < -0.39 is 32.5 Å². The summed E-state index contributed by atoms with van der Waals surface area (Å²) < 4.78 is 34.2. The van der Waals surface area contributed by atoms with Crippen LogP contribution in [0.3, 0.4) is 0 Å². The first-order chi connectivity index (χ1) is 26.0. The molecule has 0 aliphatic carbocycles. The van der Waals surface area contributed by atoms with Crippen LogP contribution in [0.2, 0.25) is 0 Å². The van der Waals surface area contributed by atoms with Gasteiger partial charge >= 0.3 is 19.8 Å². The van der Waals surface area contributed by atoms with Crippen LogP contribution >= 0.6 is 7.82 Å². The largest absolute Gasteiger partial charge is 0.472 e. The van der Waals surface area contributed by atoms with Crippen LogP contribution in [-0.4, -0.2) is 74.9 Å². The Kier molecular flexibility index (Phi) is 34.8. The molecule has 0 aromatic rings.